The largest absolute Gasteiger partial charge is 0.492 e. The first-order chi connectivity index (χ1) is 8.17. The van der Waals surface area contributed by atoms with E-state index in [-0.39, 0.29) is 0 Å². The monoisotopic (exact) mass is 255 g/mol. The van der Waals surface area contributed by atoms with Crippen molar-refractivity contribution in [1.82, 2.24) is 0 Å². The minimum atomic E-state index is 0.604. The molecule has 0 saturated heterocycles. The van der Waals surface area contributed by atoms with E-state index in [9.17, 15) is 0 Å². The molecule has 2 nitrogen and oxygen atoms in total. The Morgan fingerprint density at radius 3 is 2.76 bits per heavy atom. The Bertz CT molecular complexity index is 341. The molecule has 1 rings (SSSR count). The van der Waals surface area contributed by atoms with Crippen LogP contribution in [0.5, 0.6) is 5.75 Å². The standard InChI is InChI=1S/C14H22ClNO/c1-3-5-6-11(4-2)10-17-14-9-12(16)7-8-13(14)15/h7-9,11H,3-6,10,16H2,1-2H3. The zero-order chi connectivity index (χ0) is 12.7. The number of ether oxygens (including phenoxy) is 1. The predicted molar refractivity (Wildman–Crippen MR) is 74.7 cm³/mol. The Hall–Kier alpha value is -0.890. The first-order valence-corrected chi connectivity index (χ1v) is 6.73. The third kappa shape index (κ3) is 4.86. The Labute approximate surface area is 109 Å². The van der Waals surface area contributed by atoms with Crippen molar-refractivity contribution in [3.63, 3.8) is 0 Å². The highest BCUT2D eigenvalue weighted by atomic mass is 35.5. The first-order valence-electron chi connectivity index (χ1n) is 6.35. The normalized spacial score (nSPS) is 12.4. The van der Waals surface area contributed by atoms with Gasteiger partial charge in [-0.1, -0.05) is 44.7 Å². The molecule has 1 atom stereocenters. The zero-order valence-electron chi connectivity index (χ0n) is 10.7. The van der Waals surface area contributed by atoms with Crippen LogP contribution < -0.4 is 10.5 Å². The number of hydrogen-bond donors (Lipinski definition) is 1. The molecule has 0 amide bonds. The molecule has 0 spiro atoms. The molecular weight excluding hydrogens is 234 g/mol. The van der Waals surface area contributed by atoms with Crippen molar-refractivity contribution in [2.75, 3.05) is 12.3 Å². The van der Waals surface area contributed by atoms with Crippen LogP contribution in [0.2, 0.25) is 5.02 Å². The van der Waals surface area contributed by atoms with Crippen molar-refractivity contribution in [3.8, 4) is 5.75 Å². The SMILES string of the molecule is CCCCC(CC)COc1cc(N)ccc1Cl. The van der Waals surface area contributed by atoms with Gasteiger partial charge in [-0.2, -0.15) is 0 Å². The molecule has 1 aromatic carbocycles. The summed E-state index contributed by atoms with van der Waals surface area (Å²) in [5, 5.41) is 0.629. The number of rotatable bonds is 7. The van der Waals surface area contributed by atoms with Crippen LogP contribution in [0.25, 0.3) is 0 Å². The van der Waals surface area contributed by atoms with Crippen LogP contribution in [0.3, 0.4) is 0 Å². The molecule has 0 bridgehead atoms. The second-order valence-corrected chi connectivity index (χ2v) is 4.82. The average Bonchev–Trinajstić information content (AvgIpc) is 2.33. The van der Waals surface area contributed by atoms with Crippen LogP contribution in [-0.2, 0) is 0 Å². The molecule has 0 aromatic heterocycles. The van der Waals surface area contributed by atoms with Gasteiger partial charge < -0.3 is 10.5 Å². The van der Waals surface area contributed by atoms with Gasteiger partial charge in [-0.15, -0.1) is 0 Å². The zero-order valence-corrected chi connectivity index (χ0v) is 11.5. The molecule has 3 heteroatoms. The van der Waals surface area contributed by atoms with Crippen molar-refractivity contribution in [3.05, 3.63) is 23.2 Å². The lowest BCUT2D eigenvalue weighted by Gasteiger charge is -2.16. The summed E-state index contributed by atoms with van der Waals surface area (Å²) in [5.74, 6) is 1.30. The van der Waals surface area contributed by atoms with Crippen molar-refractivity contribution in [1.29, 1.82) is 0 Å². The fourth-order valence-corrected chi connectivity index (χ4v) is 1.91. The van der Waals surface area contributed by atoms with Gasteiger partial charge in [0, 0.05) is 11.8 Å². The summed E-state index contributed by atoms with van der Waals surface area (Å²) in [4.78, 5) is 0. The summed E-state index contributed by atoms with van der Waals surface area (Å²) in [5.41, 5.74) is 6.39. The van der Waals surface area contributed by atoms with Gasteiger partial charge in [0.25, 0.3) is 0 Å². The summed E-state index contributed by atoms with van der Waals surface area (Å²) in [6.07, 6.45) is 4.84. The molecule has 96 valence electrons. The van der Waals surface area contributed by atoms with E-state index in [2.05, 4.69) is 13.8 Å². The predicted octanol–water partition coefficient (Wildman–Crippen LogP) is 4.52. The molecule has 0 saturated carbocycles. The first kappa shape index (κ1) is 14.2. The van der Waals surface area contributed by atoms with E-state index in [1.807, 2.05) is 0 Å². The van der Waals surface area contributed by atoms with Gasteiger partial charge in [-0.05, 0) is 24.5 Å². The highest BCUT2D eigenvalue weighted by Gasteiger charge is 2.08. The van der Waals surface area contributed by atoms with Crippen LogP contribution in [-0.4, -0.2) is 6.61 Å². The smallest absolute Gasteiger partial charge is 0.139 e. The van der Waals surface area contributed by atoms with E-state index in [0.29, 0.717) is 22.4 Å². The molecule has 0 aliphatic carbocycles. The minimum absolute atomic E-state index is 0.604. The van der Waals surface area contributed by atoms with Crippen LogP contribution in [0.4, 0.5) is 5.69 Å². The molecule has 17 heavy (non-hydrogen) atoms. The summed E-state index contributed by atoms with van der Waals surface area (Å²) >= 11 is 6.05. The minimum Gasteiger partial charge on any atom is -0.492 e. The molecular formula is C14H22ClNO. The maximum atomic E-state index is 6.05. The number of nitrogens with two attached hydrogens (primary N) is 1. The maximum absolute atomic E-state index is 6.05. The van der Waals surface area contributed by atoms with E-state index in [4.69, 9.17) is 22.1 Å². The summed E-state index contributed by atoms with van der Waals surface area (Å²) < 4.78 is 5.76. The Morgan fingerprint density at radius 1 is 1.35 bits per heavy atom. The third-order valence-corrected chi connectivity index (χ3v) is 3.29. The highest BCUT2D eigenvalue weighted by molar-refractivity contribution is 6.32. The van der Waals surface area contributed by atoms with E-state index < -0.39 is 0 Å². The van der Waals surface area contributed by atoms with E-state index in [1.54, 1.807) is 18.2 Å². The van der Waals surface area contributed by atoms with Gasteiger partial charge in [0.15, 0.2) is 0 Å². The molecule has 1 aromatic rings. The number of nitrogen functional groups attached to an aromatic ring is 1. The van der Waals surface area contributed by atoms with E-state index >= 15 is 0 Å². The van der Waals surface area contributed by atoms with Gasteiger partial charge in [-0.25, -0.2) is 0 Å². The quantitative estimate of drug-likeness (QED) is 0.727. The Balaban J connectivity index is 2.50. The fourth-order valence-electron chi connectivity index (χ4n) is 1.74. The van der Waals surface area contributed by atoms with Gasteiger partial charge in [0.05, 0.1) is 11.6 Å². The van der Waals surface area contributed by atoms with Gasteiger partial charge >= 0.3 is 0 Å². The van der Waals surface area contributed by atoms with Crippen molar-refractivity contribution in [2.24, 2.45) is 5.92 Å². The Morgan fingerprint density at radius 2 is 2.12 bits per heavy atom. The number of hydrogen-bond acceptors (Lipinski definition) is 2. The summed E-state index contributed by atoms with van der Waals surface area (Å²) in [6, 6.07) is 5.34. The lowest BCUT2D eigenvalue weighted by atomic mass is 10.0. The van der Waals surface area contributed by atoms with Gasteiger partial charge in [0.2, 0.25) is 0 Å². The summed E-state index contributed by atoms with van der Waals surface area (Å²) in [7, 11) is 0. The lowest BCUT2D eigenvalue weighted by Crippen LogP contribution is -2.11. The number of unbranched alkanes of at least 4 members (excludes halogenated alkanes) is 1. The number of benzene rings is 1. The topological polar surface area (TPSA) is 35.2 Å². The van der Waals surface area contributed by atoms with Crippen molar-refractivity contribution < 1.29 is 4.74 Å². The molecule has 0 radical (unpaired) electrons. The molecule has 1 unspecified atom stereocenters. The molecule has 0 fully saturated rings. The molecule has 0 heterocycles. The van der Waals surface area contributed by atoms with Gasteiger partial charge in [-0.3, -0.25) is 0 Å². The molecule has 2 N–H and O–H groups in total. The maximum Gasteiger partial charge on any atom is 0.139 e. The average molecular weight is 256 g/mol. The molecule has 0 aliphatic heterocycles. The molecule has 0 aliphatic rings. The van der Waals surface area contributed by atoms with Crippen molar-refractivity contribution in [2.45, 2.75) is 39.5 Å². The van der Waals surface area contributed by atoms with E-state index in [0.717, 1.165) is 13.0 Å². The van der Waals surface area contributed by atoms with Crippen LogP contribution >= 0.6 is 11.6 Å². The highest BCUT2D eigenvalue weighted by Crippen LogP contribution is 2.27. The van der Waals surface area contributed by atoms with Gasteiger partial charge in [0.1, 0.15) is 5.75 Å². The third-order valence-electron chi connectivity index (χ3n) is 2.97. The fraction of sp³-hybridized carbons (Fsp3) is 0.571. The Kier molecular flexibility index (Phi) is 6.20. The summed E-state index contributed by atoms with van der Waals surface area (Å²) in [6.45, 7) is 5.13. The van der Waals surface area contributed by atoms with E-state index in [1.165, 1.54) is 19.3 Å². The van der Waals surface area contributed by atoms with Crippen molar-refractivity contribution >= 4 is 17.3 Å². The van der Waals surface area contributed by atoms with Crippen LogP contribution in [0, 0.1) is 5.92 Å². The number of halogens is 1. The number of anilines is 1. The second kappa shape index (κ2) is 7.44. The lowest BCUT2D eigenvalue weighted by molar-refractivity contribution is 0.233. The second-order valence-electron chi connectivity index (χ2n) is 4.42. The van der Waals surface area contributed by atoms with Crippen LogP contribution in [0.1, 0.15) is 39.5 Å². The van der Waals surface area contributed by atoms with Crippen LogP contribution in [0.15, 0.2) is 18.2 Å².